The molecule has 0 N–H and O–H groups in total. The topological polar surface area (TPSA) is 35.6 Å². The van der Waals surface area contributed by atoms with Gasteiger partial charge in [-0.1, -0.05) is 127 Å². The summed E-state index contributed by atoms with van der Waals surface area (Å²) in [5, 5.41) is 8.14. The second kappa shape index (κ2) is 11.2. The number of benzene rings is 8. The molecule has 0 spiro atoms. The van der Waals surface area contributed by atoms with Crippen LogP contribution in [0.1, 0.15) is 0 Å². The molecular formula is C48H30N4. The van der Waals surface area contributed by atoms with Gasteiger partial charge in [0.25, 0.3) is 0 Å². The Bertz CT molecular complexity index is 3170. The Morgan fingerprint density at radius 2 is 0.923 bits per heavy atom. The Balaban J connectivity index is 1.24. The Kier molecular flexibility index (Phi) is 6.22. The van der Waals surface area contributed by atoms with Crippen LogP contribution in [0.5, 0.6) is 0 Å². The van der Waals surface area contributed by atoms with E-state index in [1.165, 1.54) is 38.0 Å². The SMILES string of the molecule is c1ccc(-c2ccc3c(-c4ccc5ccccc5c4)nc(-n4c5ccccc5c5cc6c(cc54)c4ccccc4n6-c4ccccc4)nc3c2)cc1. The van der Waals surface area contributed by atoms with E-state index in [0.29, 0.717) is 5.95 Å². The average Bonchev–Trinajstić information content (AvgIpc) is 3.72. The second-order valence-corrected chi connectivity index (χ2v) is 13.5. The van der Waals surface area contributed by atoms with Gasteiger partial charge < -0.3 is 4.57 Å². The highest BCUT2D eigenvalue weighted by molar-refractivity contribution is 6.19. The minimum atomic E-state index is 0.651. The highest BCUT2D eigenvalue weighted by Gasteiger charge is 2.21. The zero-order valence-corrected chi connectivity index (χ0v) is 28.1. The molecule has 4 nitrogen and oxygen atoms in total. The molecule has 0 amide bonds. The normalized spacial score (nSPS) is 11.8. The molecule has 0 aliphatic rings. The maximum Gasteiger partial charge on any atom is 0.235 e. The number of aromatic nitrogens is 4. The largest absolute Gasteiger partial charge is 0.309 e. The van der Waals surface area contributed by atoms with Gasteiger partial charge in [0.15, 0.2) is 0 Å². The molecule has 0 aliphatic carbocycles. The van der Waals surface area contributed by atoms with Crippen LogP contribution in [0.3, 0.4) is 0 Å². The fourth-order valence-electron chi connectivity index (χ4n) is 8.09. The van der Waals surface area contributed by atoms with Crippen LogP contribution < -0.4 is 0 Å². The smallest absolute Gasteiger partial charge is 0.235 e. The second-order valence-electron chi connectivity index (χ2n) is 13.5. The average molecular weight is 663 g/mol. The van der Waals surface area contributed by atoms with Crippen LogP contribution in [-0.2, 0) is 0 Å². The maximum atomic E-state index is 5.46. The van der Waals surface area contributed by atoms with Crippen LogP contribution in [0.15, 0.2) is 182 Å². The van der Waals surface area contributed by atoms with Crippen LogP contribution in [0.25, 0.3) is 99.3 Å². The van der Waals surface area contributed by atoms with Crippen molar-refractivity contribution in [1.29, 1.82) is 0 Å². The summed E-state index contributed by atoms with van der Waals surface area (Å²) >= 11 is 0. The molecule has 0 fully saturated rings. The molecule has 0 radical (unpaired) electrons. The van der Waals surface area contributed by atoms with Crippen molar-refractivity contribution in [2.75, 3.05) is 0 Å². The summed E-state index contributed by atoms with van der Waals surface area (Å²) in [7, 11) is 0. The fraction of sp³-hybridized carbons (Fsp3) is 0. The lowest BCUT2D eigenvalue weighted by Gasteiger charge is -2.13. The van der Waals surface area contributed by atoms with Crippen molar-refractivity contribution in [2.45, 2.75) is 0 Å². The summed E-state index contributed by atoms with van der Waals surface area (Å²) in [6.07, 6.45) is 0. The van der Waals surface area contributed by atoms with Crippen molar-refractivity contribution >= 4 is 65.3 Å². The zero-order chi connectivity index (χ0) is 34.2. The van der Waals surface area contributed by atoms with Crippen molar-refractivity contribution in [3.05, 3.63) is 182 Å². The van der Waals surface area contributed by atoms with E-state index < -0.39 is 0 Å². The van der Waals surface area contributed by atoms with Gasteiger partial charge in [-0.3, -0.25) is 4.57 Å². The van der Waals surface area contributed by atoms with Gasteiger partial charge in [-0.25, -0.2) is 9.97 Å². The summed E-state index contributed by atoms with van der Waals surface area (Å²) in [4.78, 5) is 10.9. The quantitative estimate of drug-likeness (QED) is 0.188. The van der Waals surface area contributed by atoms with E-state index in [1.807, 2.05) is 0 Å². The lowest BCUT2D eigenvalue weighted by Crippen LogP contribution is -2.03. The minimum Gasteiger partial charge on any atom is -0.309 e. The molecule has 0 atom stereocenters. The number of fused-ring (bicyclic) bond motifs is 8. The van der Waals surface area contributed by atoms with Crippen molar-refractivity contribution in [2.24, 2.45) is 0 Å². The van der Waals surface area contributed by atoms with Crippen molar-refractivity contribution < 1.29 is 0 Å². The van der Waals surface area contributed by atoms with Crippen LogP contribution in [0, 0.1) is 0 Å². The Morgan fingerprint density at radius 3 is 1.67 bits per heavy atom. The van der Waals surface area contributed by atoms with Crippen molar-refractivity contribution in [3.63, 3.8) is 0 Å². The van der Waals surface area contributed by atoms with Crippen molar-refractivity contribution in [1.82, 2.24) is 19.1 Å². The summed E-state index contributed by atoms with van der Waals surface area (Å²) in [6.45, 7) is 0. The fourth-order valence-corrected chi connectivity index (χ4v) is 8.09. The maximum absolute atomic E-state index is 5.46. The lowest BCUT2D eigenvalue weighted by atomic mass is 9.99. The molecule has 0 aliphatic heterocycles. The molecule has 3 heterocycles. The molecular weight excluding hydrogens is 633 g/mol. The third kappa shape index (κ3) is 4.34. The van der Waals surface area contributed by atoms with Gasteiger partial charge in [0.05, 0.1) is 33.3 Å². The van der Waals surface area contributed by atoms with E-state index >= 15 is 0 Å². The van der Waals surface area contributed by atoms with Gasteiger partial charge in [0.2, 0.25) is 5.95 Å². The molecule has 11 rings (SSSR count). The van der Waals surface area contributed by atoms with Crippen LogP contribution in [-0.4, -0.2) is 19.1 Å². The van der Waals surface area contributed by atoms with E-state index in [2.05, 4.69) is 191 Å². The van der Waals surface area contributed by atoms with E-state index in [9.17, 15) is 0 Å². The van der Waals surface area contributed by atoms with Crippen LogP contribution in [0.2, 0.25) is 0 Å². The Morgan fingerprint density at radius 1 is 0.327 bits per heavy atom. The van der Waals surface area contributed by atoms with Crippen molar-refractivity contribution in [3.8, 4) is 34.0 Å². The lowest BCUT2D eigenvalue weighted by molar-refractivity contribution is 1.01. The molecule has 8 aromatic carbocycles. The molecule has 0 unspecified atom stereocenters. The standard InChI is InChI=1S/C48H30N4/c1-3-13-31(14-4-1)34-25-26-39-42(28-34)49-48(50-47(39)35-24-23-32-15-7-8-16-33(32)27-35)52-44-22-12-10-20-38(44)41-29-45-40(30-46(41)52)37-19-9-11-21-43(37)51(45)36-17-5-2-6-18-36/h1-30H. The first-order chi connectivity index (χ1) is 25.8. The van der Waals surface area contributed by atoms with Gasteiger partial charge in [-0.05, 0) is 76.5 Å². The molecule has 11 aromatic rings. The highest BCUT2D eigenvalue weighted by atomic mass is 15.2. The number of rotatable bonds is 4. The monoisotopic (exact) mass is 662 g/mol. The van der Waals surface area contributed by atoms with E-state index in [-0.39, 0.29) is 0 Å². The summed E-state index contributed by atoms with van der Waals surface area (Å²) in [5.74, 6) is 0.651. The molecule has 3 aromatic heterocycles. The van der Waals surface area contributed by atoms with Gasteiger partial charge in [-0.2, -0.15) is 0 Å². The number of para-hydroxylation sites is 3. The molecule has 4 heteroatoms. The van der Waals surface area contributed by atoms with E-state index in [0.717, 1.165) is 55.4 Å². The third-order valence-electron chi connectivity index (χ3n) is 10.5. The van der Waals surface area contributed by atoms with Crippen LogP contribution in [0.4, 0.5) is 0 Å². The summed E-state index contributed by atoms with van der Waals surface area (Å²) < 4.78 is 4.64. The van der Waals surface area contributed by atoms with E-state index in [4.69, 9.17) is 9.97 Å². The summed E-state index contributed by atoms with van der Waals surface area (Å²) in [6, 6.07) is 64.9. The first kappa shape index (κ1) is 28.8. The molecule has 0 saturated carbocycles. The number of hydrogen-bond donors (Lipinski definition) is 0. The zero-order valence-electron chi connectivity index (χ0n) is 28.1. The predicted molar refractivity (Wildman–Crippen MR) is 217 cm³/mol. The molecule has 242 valence electrons. The number of nitrogens with zero attached hydrogens (tertiary/aromatic N) is 4. The van der Waals surface area contributed by atoms with Crippen LogP contribution >= 0.6 is 0 Å². The molecule has 52 heavy (non-hydrogen) atoms. The first-order valence-electron chi connectivity index (χ1n) is 17.7. The van der Waals surface area contributed by atoms with E-state index in [1.54, 1.807) is 0 Å². The predicted octanol–water partition coefficient (Wildman–Crippen LogP) is 12.3. The minimum absolute atomic E-state index is 0.651. The van der Waals surface area contributed by atoms with Gasteiger partial charge >= 0.3 is 0 Å². The Labute approximate surface area is 299 Å². The first-order valence-corrected chi connectivity index (χ1v) is 17.7. The van der Waals surface area contributed by atoms with Gasteiger partial charge in [0, 0.05) is 38.2 Å². The Hall–Kier alpha value is -7.04. The van der Waals surface area contributed by atoms with Gasteiger partial charge in [-0.15, -0.1) is 0 Å². The molecule has 0 saturated heterocycles. The van der Waals surface area contributed by atoms with Gasteiger partial charge in [0.1, 0.15) is 0 Å². The highest BCUT2D eigenvalue weighted by Crippen LogP contribution is 2.40. The third-order valence-corrected chi connectivity index (χ3v) is 10.5. The number of hydrogen-bond acceptors (Lipinski definition) is 2. The molecule has 0 bridgehead atoms. The summed E-state index contributed by atoms with van der Waals surface area (Å²) in [5.41, 5.74) is 10.8.